The van der Waals surface area contributed by atoms with Gasteiger partial charge in [-0.3, -0.25) is 0 Å². The first-order chi connectivity index (χ1) is 9.88. The van der Waals surface area contributed by atoms with Gasteiger partial charge in [0.1, 0.15) is 5.75 Å². The van der Waals surface area contributed by atoms with Gasteiger partial charge in [0.15, 0.2) is 0 Å². The number of ether oxygens (including phenoxy) is 1. The molecule has 3 rings (SSSR count). The molecule has 1 heterocycles. The van der Waals surface area contributed by atoms with Gasteiger partial charge >= 0.3 is 0 Å². The lowest BCUT2D eigenvalue weighted by molar-refractivity contribution is 0.287. The summed E-state index contributed by atoms with van der Waals surface area (Å²) < 4.78 is 5.74. The maximum Gasteiger partial charge on any atom is 0.122 e. The van der Waals surface area contributed by atoms with Crippen LogP contribution in [-0.4, -0.2) is 13.2 Å². The van der Waals surface area contributed by atoms with E-state index in [4.69, 9.17) is 4.74 Å². The molecule has 2 heteroatoms. The molecule has 0 amide bonds. The van der Waals surface area contributed by atoms with E-state index in [-0.39, 0.29) is 0 Å². The second kappa shape index (κ2) is 6.62. The third kappa shape index (κ3) is 3.01. The summed E-state index contributed by atoms with van der Waals surface area (Å²) in [5, 5.41) is 3.79. The first-order valence-electron chi connectivity index (χ1n) is 8.37. The second-order valence-corrected chi connectivity index (χ2v) is 6.30. The number of benzene rings is 1. The van der Waals surface area contributed by atoms with Crippen LogP contribution in [0, 0.1) is 5.92 Å². The van der Waals surface area contributed by atoms with Crippen molar-refractivity contribution in [2.75, 3.05) is 13.2 Å². The van der Waals surface area contributed by atoms with Crippen LogP contribution in [0.1, 0.15) is 62.6 Å². The van der Waals surface area contributed by atoms with Crippen LogP contribution in [0.3, 0.4) is 0 Å². The maximum absolute atomic E-state index is 5.74. The minimum atomic E-state index is 0.546. The van der Waals surface area contributed by atoms with E-state index >= 15 is 0 Å². The molecule has 0 spiro atoms. The van der Waals surface area contributed by atoms with Crippen molar-refractivity contribution in [2.24, 2.45) is 5.92 Å². The Kier molecular flexibility index (Phi) is 4.62. The molecule has 0 saturated heterocycles. The maximum atomic E-state index is 5.74. The number of rotatable bonds is 5. The van der Waals surface area contributed by atoms with Crippen molar-refractivity contribution in [1.82, 2.24) is 5.32 Å². The largest absolute Gasteiger partial charge is 0.493 e. The average molecular weight is 273 g/mol. The van der Waals surface area contributed by atoms with Crippen molar-refractivity contribution in [3.05, 3.63) is 29.3 Å². The fourth-order valence-corrected chi connectivity index (χ4v) is 3.72. The summed E-state index contributed by atoms with van der Waals surface area (Å²) in [4.78, 5) is 0. The molecule has 2 aliphatic rings. The molecule has 1 aliphatic heterocycles. The predicted octanol–water partition coefficient (Wildman–Crippen LogP) is 4.24. The van der Waals surface area contributed by atoms with E-state index in [1.165, 1.54) is 49.7 Å². The van der Waals surface area contributed by atoms with Crippen molar-refractivity contribution >= 4 is 0 Å². The van der Waals surface area contributed by atoms with Gasteiger partial charge < -0.3 is 10.1 Å². The van der Waals surface area contributed by atoms with Gasteiger partial charge in [-0.2, -0.15) is 0 Å². The molecule has 1 unspecified atom stereocenters. The van der Waals surface area contributed by atoms with Crippen LogP contribution in [-0.2, 0) is 6.42 Å². The Morgan fingerprint density at radius 3 is 2.90 bits per heavy atom. The number of hydrogen-bond acceptors (Lipinski definition) is 2. The van der Waals surface area contributed by atoms with Crippen molar-refractivity contribution in [3.63, 3.8) is 0 Å². The molecule has 0 radical (unpaired) electrons. The van der Waals surface area contributed by atoms with Gasteiger partial charge in [-0.25, -0.2) is 0 Å². The lowest BCUT2D eigenvalue weighted by Gasteiger charge is -2.27. The Bertz CT molecular complexity index is 437. The van der Waals surface area contributed by atoms with E-state index in [0.717, 1.165) is 31.2 Å². The standard InChI is InChI=1S/C18H27NO/c1-2-11-19-18(14-6-3-4-7-14)16-9-10-17-15(13-16)8-5-12-20-17/h9-10,13-14,18-19H,2-8,11-12H2,1H3. The van der Waals surface area contributed by atoms with Crippen LogP contribution >= 0.6 is 0 Å². The zero-order chi connectivity index (χ0) is 13.8. The Hall–Kier alpha value is -1.02. The molecule has 20 heavy (non-hydrogen) atoms. The van der Waals surface area contributed by atoms with Crippen molar-refractivity contribution < 1.29 is 4.74 Å². The third-order valence-corrected chi connectivity index (χ3v) is 4.78. The molecule has 0 aromatic heterocycles. The molecule has 0 bridgehead atoms. The number of aryl methyl sites for hydroxylation is 1. The molecular formula is C18H27NO. The predicted molar refractivity (Wildman–Crippen MR) is 83.3 cm³/mol. The topological polar surface area (TPSA) is 21.3 Å². The minimum Gasteiger partial charge on any atom is -0.493 e. The lowest BCUT2D eigenvalue weighted by Crippen LogP contribution is -2.28. The molecule has 2 nitrogen and oxygen atoms in total. The first-order valence-corrected chi connectivity index (χ1v) is 8.37. The summed E-state index contributed by atoms with van der Waals surface area (Å²) >= 11 is 0. The third-order valence-electron chi connectivity index (χ3n) is 4.78. The average Bonchev–Trinajstić information content (AvgIpc) is 3.02. The van der Waals surface area contributed by atoms with Crippen LogP contribution in [0.25, 0.3) is 0 Å². The normalized spacial score (nSPS) is 20.4. The smallest absolute Gasteiger partial charge is 0.122 e. The van der Waals surface area contributed by atoms with Crippen LogP contribution in [0.4, 0.5) is 0 Å². The summed E-state index contributed by atoms with van der Waals surface area (Å²) in [6, 6.07) is 7.43. The summed E-state index contributed by atoms with van der Waals surface area (Å²) in [5.74, 6) is 1.93. The van der Waals surface area contributed by atoms with Crippen LogP contribution in [0.2, 0.25) is 0 Å². The molecule has 110 valence electrons. The lowest BCUT2D eigenvalue weighted by atomic mass is 9.89. The number of hydrogen-bond donors (Lipinski definition) is 1. The van der Waals surface area contributed by atoms with Crippen LogP contribution in [0.15, 0.2) is 18.2 Å². The van der Waals surface area contributed by atoms with Gasteiger partial charge in [0.25, 0.3) is 0 Å². The minimum absolute atomic E-state index is 0.546. The Balaban J connectivity index is 1.81. The molecule has 1 atom stereocenters. The Labute approximate surface area is 122 Å². The van der Waals surface area contributed by atoms with Gasteiger partial charge in [0.05, 0.1) is 6.61 Å². The Morgan fingerprint density at radius 2 is 2.10 bits per heavy atom. The summed E-state index contributed by atoms with van der Waals surface area (Å²) in [7, 11) is 0. The first kappa shape index (κ1) is 13.9. The van der Waals surface area contributed by atoms with E-state index in [0.29, 0.717) is 6.04 Å². The van der Waals surface area contributed by atoms with Gasteiger partial charge in [0, 0.05) is 6.04 Å². The van der Waals surface area contributed by atoms with E-state index < -0.39 is 0 Å². The van der Waals surface area contributed by atoms with Gasteiger partial charge in [-0.05, 0) is 61.8 Å². The second-order valence-electron chi connectivity index (χ2n) is 6.30. The molecule has 1 N–H and O–H groups in total. The fourth-order valence-electron chi connectivity index (χ4n) is 3.72. The zero-order valence-corrected chi connectivity index (χ0v) is 12.7. The van der Waals surface area contributed by atoms with Crippen LogP contribution < -0.4 is 10.1 Å². The highest BCUT2D eigenvalue weighted by Crippen LogP contribution is 2.37. The van der Waals surface area contributed by atoms with E-state index in [2.05, 4.69) is 30.4 Å². The molecule has 1 fully saturated rings. The van der Waals surface area contributed by atoms with E-state index in [1.807, 2.05) is 0 Å². The highest BCUT2D eigenvalue weighted by molar-refractivity contribution is 5.39. The molecular weight excluding hydrogens is 246 g/mol. The monoisotopic (exact) mass is 273 g/mol. The molecule has 1 aromatic carbocycles. The van der Waals surface area contributed by atoms with Gasteiger partial charge in [-0.1, -0.05) is 31.9 Å². The number of fused-ring (bicyclic) bond motifs is 1. The van der Waals surface area contributed by atoms with Crippen molar-refractivity contribution in [1.29, 1.82) is 0 Å². The zero-order valence-electron chi connectivity index (χ0n) is 12.7. The summed E-state index contributed by atoms with van der Waals surface area (Å²) in [6.45, 7) is 4.25. The molecule has 1 aromatic rings. The van der Waals surface area contributed by atoms with Crippen LogP contribution in [0.5, 0.6) is 5.75 Å². The highest BCUT2D eigenvalue weighted by Gasteiger charge is 2.26. The van der Waals surface area contributed by atoms with Gasteiger partial charge in [0.2, 0.25) is 0 Å². The van der Waals surface area contributed by atoms with Gasteiger partial charge in [-0.15, -0.1) is 0 Å². The molecule has 1 aliphatic carbocycles. The van der Waals surface area contributed by atoms with E-state index in [1.54, 1.807) is 0 Å². The SMILES string of the molecule is CCCNC(c1ccc2c(c1)CCCO2)C1CCCC1. The summed E-state index contributed by atoms with van der Waals surface area (Å²) in [5.41, 5.74) is 2.89. The summed E-state index contributed by atoms with van der Waals surface area (Å²) in [6.07, 6.45) is 9.12. The fraction of sp³-hybridized carbons (Fsp3) is 0.667. The Morgan fingerprint density at radius 1 is 1.25 bits per heavy atom. The quantitative estimate of drug-likeness (QED) is 0.866. The van der Waals surface area contributed by atoms with E-state index in [9.17, 15) is 0 Å². The molecule has 1 saturated carbocycles. The number of nitrogens with one attached hydrogen (secondary N) is 1. The van der Waals surface area contributed by atoms with Crippen molar-refractivity contribution in [3.8, 4) is 5.75 Å². The van der Waals surface area contributed by atoms with Crippen molar-refractivity contribution in [2.45, 2.75) is 57.9 Å². The highest BCUT2D eigenvalue weighted by atomic mass is 16.5.